The number of H-pyrrole nitrogens is 1. The van der Waals surface area contributed by atoms with Gasteiger partial charge in [0.05, 0.1) is 29.7 Å². The zero-order valence-electron chi connectivity index (χ0n) is 24.5. The number of benzene rings is 3. The molecule has 6 aromatic rings. The summed E-state index contributed by atoms with van der Waals surface area (Å²) in [4.78, 5) is 26.7. The van der Waals surface area contributed by atoms with Crippen molar-refractivity contribution in [3.63, 3.8) is 0 Å². The third-order valence-electron chi connectivity index (χ3n) is 6.99. The maximum atomic E-state index is 15.4. The van der Waals surface area contributed by atoms with E-state index in [2.05, 4.69) is 20.6 Å². The molecule has 0 bridgehead atoms. The molecule has 3 heterocycles. The normalized spacial score (nSPS) is 11.2. The maximum absolute atomic E-state index is 15.4. The second-order valence-electron chi connectivity index (χ2n) is 10.4. The van der Waals surface area contributed by atoms with Crippen LogP contribution in [0.15, 0.2) is 90.1 Å². The maximum Gasteiger partial charge on any atom is 0.270 e. The number of hydrogen-bond acceptors (Lipinski definition) is 6. The monoisotopic (exact) mass is 610 g/mol. The molecule has 0 aliphatic rings. The van der Waals surface area contributed by atoms with Crippen LogP contribution in [0, 0.1) is 11.6 Å². The number of nitrogens with zero attached hydrogens (tertiary/aromatic N) is 4. The molecule has 3 aromatic heterocycles. The van der Waals surface area contributed by atoms with Crippen LogP contribution in [-0.2, 0) is 6.54 Å². The number of anilines is 1. The van der Waals surface area contributed by atoms with Crippen LogP contribution in [0.2, 0.25) is 0 Å². The Labute approximate surface area is 255 Å². The largest absolute Gasteiger partial charge is 0.476 e. The Hall–Kier alpha value is -5.78. The third-order valence-corrected chi connectivity index (χ3v) is 6.99. The Morgan fingerprint density at radius 2 is 1.80 bits per heavy atom. The molecule has 0 spiro atoms. The summed E-state index contributed by atoms with van der Waals surface area (Å²) in [5.41, 5.74) is 1.83. The van der Waals surface area contributed by atoms with Gasteiger partial charge in [0.15, 0.2) is 11.6 Å². The first kappa shape index (κ1) is 29.3. The average Bonchev–Trinajstić information content (AvgIpc) is 3.69. The molecule has 0 aliphatic carbocycles. The number of hydrogen-bond donors (Lipinski definition) is 2. The fraction of sp³-hybridized carbons (Fsp3) is 0.152. The van der Waals surface area contributed by atoms with Crippen molar-refractivity contribution in [3.8, 4) is 34.2 Å². The third kappa shape index (κ3) is 5.90. The first-order chi connectivity index (χ1) is 21.7. The van der Waals surface area contributed by atoms with E-state index < -0.39 is 23.1 Å². The van der Waals surface area contributed by atoms with E-state index in [0.29, 0.717) is 23.5 Å². The number of fused-ring (bicyclic) bond motifs is 1. The van der Waals surface area contributed by atoms with Crippen LogP contribution in [-0.4, -0.2) is 36.6 Å². The molecular weight excluding hydrogens is 582 g/mol. The van der Waals surface area contributed by atoms with E-state index in [1.165, 1.54) is 53.1 Å². The van der Waals surface area contributed by atoms with Gasteiger partial charge in [-0.15, -0.1) is 0 Å². The molecule has 0 atom stereocenters. The Bertz CT molecular complexity index is 2070. The summed E-state index contributed by atoms with van der Waals surface area (Å²) in [6.07, 6.45) is 4.79. The second kappa shape index (κ2) is 12.1. The molecule has 0 aliphatic heterocycles. The molecule has 0 radical (unpaired) electrons. The standard InChI is InChI=1S/C33H28F2N6O4/c1-4-40-28-15-26(21-16-36-37-17-21)30(13-20(28)18-38-40)45-29-11-7-23(14-27(29)35)39-32(42)25-10-12-31(44-19(2)3)41(33(25)43)24-8-5-22(34)6-9-24/h5-19H,4H2,1-3H3,(H,36,37)(H,39,42). The fourth-order valence-corrected chi connectivity index (χ4v) is 4.91. The van der Waals surface area contributed by atoms with Crippen molar-refractivity contribution >= 4 is 22.5 Å². The molecule has 0 fully saturated rings. The van der Waals surface area contributed by atoms with Crippen molar-refractivity contribution in [2.24, 2.45) is 0 Å². The van der Waals surface area contributed by atoms with E-state index in [-0.39, 0.29) is 29.0 Å². The number of ether oxygens (including phenoxy) is 2. The van der Waals surface area contributed by atoms with Crippen LogP contribution in [0.25, 0.3) is 27.7 Å². The van der Waals surface area contributed by atoms with Crippen LogP contribution in [0.4, 0.5) is 14.5 Å². The SMILES string of the molecule is CCn1ncc2cc(Oc3ccc(NC(=O)c4ccc(OC(C)C)n(-c5ccc(F)cc5)c4=O)cc3F)c(-c3cn[nH]c3)cc21. The van der Waals surface area contributed by atoms with Gasteiger partial charge in [0.2, 0.25) is 5.88 Å². The highest BCUT2D eigenvalue weighted by atomic mass is 19.1. The van der Waals surface area contributed by atoms with Crippen LogP contribution in [0.5, 0.6) is 17.4 Å². The summed E-state index contributed by atoms with van der Waals surface area (Å²) in [7, 11) is 0. The fourth-order valence-electron chi connectivity index (χ4n) is 4.91. The predicted octanol–water partition coefficient (Wildman–Crippen LogP) is 6.71. The first-order valence-electron chi connectivity index (χ1n) is 14.2. The highest BCUT2D eigenvalue weighted by molar-refractivity contribution is 6.04. The summed E-state index contributed by atoms with van der Waals surface area (Å²) in [6, 6.07) is 15.7. The lowest BCUT2D eigenvalue weighted by molar-refractivity contribution is 0.102. The minimum atomic E-state index is -0.763. The molecule has 6 rings (SSSR count). The van der Waals surface area contributed by atoms with Gasteiger partial charge in [-0.2, -0.15) is 10.2 Å². The van der Waals surface area contributed by atoms with E-state index in [1.807, 2.05) is 17.7 Å². The molecule has 0 saturated heterocycles. The van der Waals surface area contributed by atoms with Crippen molar-refractivity contribution in [1.82, 2.24) is 24.5 Å². The molecule has 12 heteroatoms. The van der Waals surface area contributed by atoms with Crippen molar-refractivity contribution in [2.75, 3.05) is 5.32 Å². The molecule has 45 heavy (non-hydrogen) atoms. The van der Waals surface area contributed by atoms with Gasteiger partial charge < -0.3 is 14.8 Å². The lowest BCUT2D eigenvalue weighted by atomic mass is 10.1. The summed E-state index contributed by atoms with van der Waals surface area (Å²) >= 11 is 0. The zero-order valence-corrected chi connectivity index (χ0v) is 24.5. The number of aromatic nitrogens is 5. The highest BCUT2D eigenvalue weighted by Crippen LogP contribution is 2.38. The minimum absolute atomic E-state index is 0.0752. The van der Waals surface area contributed by atoms with E-state index in [9.17, 15) is 14.0 Å². The zero-order chi connectivity index (χ0) is 31.7. The number of halogens is 2. The van der Waals surface area contributed by atoms with Crippen LogP contribution >= 0.6 is 0 Å². The van der Waals surface area contributed by atoms with Crippen molar-refractivity contribution in [3.05, 3.63) is 113 Å². The molecule has 3 aromatic carbocycles. The number of aromatic amines is 1. The molecule has 1 amide bonds. The Balaban J connectivity index is 1.28. The van der Waals surface area contributed by atoms with Gasteiger partial charge in [0.25, 0.3) is 11.5 Å². The van der Waals surface area contributed by atoms with Gasteiger partial charge >= 0.3 is 0 Å². The van der Waals surface area contributed by atoms with E-state index >= 15 is 4.39 Å². The lowest BCUT2D eigenvalue weighted by Gasteiger charge is -2.17. The van der Waals surface area contributed by atoms with Crippen LogP contribution in [0.1, 0.15) is 31.1 Å². The molecule has 0 unspecified atom stereocenters. The smallest absolute Gasteiger partial charge is 0.270 e. The minimum Gasteiger partial charge on any atom is -0.476 e. The number of aryl methyl sites for hydroxylation is 1. The second-order valence-corrected chi connectivity index (χ2v) is 10.4. The van der Waals surface area contributed by atoms with Gasteiger partial charge in [-0.1, -0.05) is 0 Å². The van der Waals surface area contributed by atoms with Gasteiger partial charge in [-0.3, -0.25) is 19.4 Å². The Morgan fingerprint density at radius 1 is 1.00 bits per heavy atom. The molecular formula is C33H28F2N6O4. The molecule has 10 nitrogen and oxygen atoms in total. The summed E-state index contributed by atoms with van der Waals surface area (Å²) in [5, 5.41) is 14.6. The van der Waals surface area contributed by atoms with Crippen molar-refractivity contribution < 1.29 is 23.0 Å². The predicted molar refractivity (Wildman–Crippen MR) is 165 cm³/mol. The van der Waals surface area contributed by atoms with E-state index in [0.717, 1.165) is 22.5 Å². The van der Waals surface area contributed by atoms with E-state index in [4.69, 9.17) is 9.47 Å². The number of rotatable bonds is 9. The van der Waals surface area contributed by atoms with Gasteiger partial charge in [0, 0.05) is 41.0 Å². The first-order valence-corrected chi connectivity index (χ1v) is 14.2. The Kier molecular flexibility index (Phi) is 7.86. The van der Waals surface area contributed by atoms with Crippen LogP contribution < -0.4 is 20.3 Å². The van der Waals surface area contributed by atoms with Crippen LogP contribution in [0.3, 0.4) is 0 Å². The van der Waals surface area contributed by atoms with Crippen molar-refractivity contribution in [2.45, 2.75) is 33.4 Å². The number of carbonyl (C=O) groups excluding carboxylic acids is 1. The van der Waals surface area contributed by atoms with Gasteiger partial charge in [-0.25, -0.2) is 13.3 Å². The average molecular weight is 611 g/mol. The number of amides is 1. The van der Waals surface area contributed by atoms with Crippen molar-refractivity contribution in [1.29, 1.82) is 0 Å². The highest BCUT2D eigenvalue weighted by Gasteiger charge is 2.20. The lowest BCUT2D eigenvalue weighted by Crippen LogP contribution is -2.29. The molecule has 228 valence electrons. The summed E-state index contributed by atoms with van der Waals surface area (Å²) < 4.78 is 43.8. The van der Waals surface area contributed by atoms with E-state index in [1.54, 1.807) is 38.5 Å². The van der Waals surface area contributed by atoms with Gasteiger partial charge in [0.1, 0.15) is 17.1 Å². The van der Waals surface area contributed by atoms with Gasteiger partial charge in [-0.05, 0) is 81.4 Å². The Morgan fingerprint density at radius 3 is 2.49 bits per heavy atom. The quantitative estimate of drug-likeness (QED) is 0.188. The molecule has 2 N–H and O–H groups in total. The molecule has 0 saturated carbocycles. The topological polar surface area (TPSA) is 116 Å². The number of carbonyl (C=O) groups is 1. The number of pyridine rings is 1. The summed E-state index contributed by atoms with van der Waals surface area (Å²) in [5.74, 6) is -1.48. The summed E-state index contributed by atoms with van der Waals surface area (Å²) in [6.45, 7) is 6.24. The number of nitrogens with one attached hydrogen (secondary N) is 2.